The number of carbonyl (C=O) groups excluding carboxylic acids is 2. The van der Waals surface area contributed by atoms with E-state index in [0.29, 0.717) is 67.1 Å². The highest BCUT2D eigenvalue weighted by Gasteiger charge is 2.28. The fourth-order valence-electron chi connectivity index (χ4n) is 6.54. The minimum atomic E-state index is -0.378. The number of hydrogen-bond acceptors (Lipinski definition) is 11. The van der Waals surface area contributed by atoms with Crippen LogP contribution in [0.15, 0.2) is 48.5 Å². The number of piperidine rings is 1. The van der Waals surface area contributed by atoms with E-state index in [1.807, 2.05) is 29.2 Å². The van der Waals surface area contributed by atoms with Crippen molar-refractivity contribution in [2.45, 2.75) is 18.9 Å². The zero-order chi connectivity index (χ0) is 32.7. The lowest BCUT2D eigenvalue weighted by molar-refractivity contribution is 0.00159. The molecule has 0 bridgehead atoms. The zero-order valence-corrected chi connectivity index (χ0v) is 27.2. The Morgan fingerprint density at radius 3 is 1.60 bits per heavy atom. The highest BCUT2D eigenvalue weighted by molar-refractivity contribution is 6.00. The monoisotopic (exact) mass is 657 g/mol. The molecule has 48 heavy (non-hydrogen) atoms. The number of carbonyl (C=O) groups is 2. The number of ether oxygens (including phenoxy) is 3. The first kappa shape index (κ1) is 32.2. The maximum atomic E-state index is 13.2. The molecule has 0 radical (unpaired) electrons. The van der Waals surface area contributed by atoms with Crippen molar-refractivity contribution in [2.24, 2.45) is 0 Å². The van der Waals surface area contributed by atoms with Crippen molar-refractivity contribution in [1.29, 1.82) is 0 Å². The van der Waals surface area contributed by atoms with Gasteiger partial charge in [0, 0.05) is 80.9 Å². The molecule has 4 aliphatic rings. The number of nitrogens with one attached hydrogen (secondary N) is 2. The summed E-state index contributed by atoms with van der Waals surface area (Å²) in [5.41, 5.74) is 2.66. The van der Waals surface area contributed by atoms with E-state index < -0.39 is 0 Å². The quantitative estimate of drug-likeness (QED) is 0.388. The Labute approximate surface area is 280 Å². The summed E-state index contributed by atoms with van der Waals surface area (Å²) < 4.78 is 16.5. The number of likely N-dealkylation sites (tertiary alicyclic amines) is 1. The van der Waals surface area contributed by atoms with E-state index in [1.165, 1.54) is 0 Å². The van der Waals surface area contributed by atoms with E-state index in [2.05, 4.69) is 25.3 Å². The lowest BCUT2D eigenvalue weighted by Gasteiger charge is -2.40. The lowest BCUT2D eigenvalue weighted by atomic mass is 10.0. The molecule has 2 N–H and O–H groups in total. The number of amides is 3. The van der Waals surface area contributed by atoms with Crippen LogP contribution >= 0.6 is 0 Å². The SMILES string of the molecule is O=C(Nc1ccc(C(=O)N2CCC(N3CCOCC3)CC2)cc1)Nc1ccc(-c2nc(N3CCOCC3)nc(N3CCOCC3)n2)cc1. The van der Waals surface area contributed by atoms with Gasteiger partial charge in [-0.2, -0.15) is 15.0 Å². The average molecular weight is 658 g/mol. The van der Waals surface area contributed by atoms with E-state index >= 15 is 0 Å². The van der Waals surface area contributed by atoms with Gasteiger partial charge in [0.1, 0.15) is 0 Å². The Morgan fingerprint density at radius 1 is 0.604 bits per heavy atom. The number of aromatic nitrogens is 3. The Balaban J connectivity index is 0.943. The molecule has 3 aromatic rings. The molecule has 4 saturated heterocycles. The number of nitrogens with zero attached hydrogens (tertiary/aromatic N) is 7. The van der Waals surface area contributed by atoms with E-state index in [1.54, 1.807) is 24.3 Å². The van der Waals surface area contributed by atoms with E-state index in [0.717, 1.165) is 84.0 Å². The minimum Gasteiger partial charge on any atom is -0.379 e. The molecule has 0 aliphatic carbocycles. The number of anilines is 4. The van der Waals surface area contributed by atoms with Crippen LogP contribution in [-0.4, -0.2) is 135 Å². The van der Waals surface area contributed by atoms with E-state index in [-0.39, 0.29) is 11.9 Å². The van der Waals surface area contributed by atoms with Crippen LogP contribution < -0.4 is 20.4 Å². The molecule has 14 nitrogen and oxygen atoms in total. The topological polar surface area (TPSA) is 138 Å². The Hall–Kier alpha value is -4.37. The molecule has 0 saturated carbocycles. The molecule has 0 atom stereocenters. The number of urea groups is 1. The van der Waals surface area contributed by atoms with Gasteiger partial charge in [-0.3, -0.25) is 9.69 Å². The highest BCUT2D eigenvalue weighted by atomic mass is 16.5. The van der Waals surface area contributed by atoms with Crippen molar-refractivity contribution < 1.29 is 23.8 Å². The van der Waals surface area contributed by atoms with Crippen LogP contribution in [0, 0.1) is 0 Å². The number of hydrogen-bond donors (Lipinski definition) is 2. The highest BCUT2D eigenvalue weighted by Crippen LogP contribution is 2.25. The first-order chi connectivity index (χ1) is 23.6. The third-order valence-corrected chi connectivity index (χ3v) is 9.30. The normalized spacial score (nSPS) is 19.6. The standard InChI is InChI=1S/C34H43N9O5/c44-31(41-11-9-29(10-12-41)40-13-19-46-20-14-40)26-3-7-28(8-4-26)36-34(45)35-27-5-1-25(2-6-27)30-37-32(42-15-21-47-22-16-42)39-33(38-30)43-17-23-48-24-18-43/h1-8,29H,9-24H2,(H2,35,36,45). The minimum absolute atomic E-state index is 0.0267. The van der Waals surface area contributed by atoms with Crippen molar-refractivity contribution in [3.8, 4) is 11.4 Å². The molecule has 3 amide bonds. The molecule has 2 aromatic carbocycles. The van der Waals surface area contributed by atoms with Gasteiger partial charge in [-0.05, 0) is 61.4 Å². The van der Waals surface area contributed by atoms with Gasteiger partial charge in [-0.1, -0.05) is 0 Å². The number of benzene rings is 2. The van der Waals surface area contributed by atoms with Gasteiger partial charge >= 0.3 is 6.03 Å². The van der Waals surface area contributed by atoms with Crippen LogP contribution in [0.5, 0.6) is 0 Å². The first-order valence-electron chi connectivity index (χ1n) is 16.9. The maximum Gasteiger partial charge on any atom is 0.323 e. The summed E-state index contributed by atoms with van der Waals surface area (Å²) in [7, 11) is 0. The molecule has 0 unspecified atom stereocenters. The maximum absolute atomic E-state index is 13.2. The van der Waals surface area contributed by atoms with Crippen molar-refractivity contribution in [3.63, 3.8) is 0 Å². The molecule has 254 valence electrons. The molecule has 7 rings (SSSR count). The van der Waals surface area contributed by atoms with Crippen molar-refractivity contribution in [1.82, 2.24) is 24.8 Å². The lowest BCUT2D eigenvalue weighted by Crippen LogP contribution is -2.50. The van der Waals surface area contributed by atoms with Crippen molar-refractivity contribution in [2.75, 3.05) is 112 Å². The second kappa shape index (κ2) is 15.2. The van der Waals surface area contributed by atoms with Gasteiger partial charge in [-0.15, -0.1) is 0 Å². The van der Waals surface area contributed by atoms with Crippen molar-refractivity contribution in [3.05, 3.63) is 54.1 Å². The first-order valence-corrected chi connectivity index (χ1v) is 16.9. The summed E-state index contributed by atoms with van der Waals surface area (Å²) in [5, 5.41) is 5.74. The largest absolute Gasteiger partial charge is 0.379 e. The molecule has 5 heterocycles. The fourth-order valence-corrected chi connectivity index (χ4v) is 6.54. The summed E-state index contributed by atoms with van der Waals surface area (Å²) in [6.45, 7) is 10.4. The molecular weight excluding hydrogens is 614 g/mol. The van der Waals surface area contributed by atoms with Crippen LogP contribution in [0.2, 0.25) is 0 Å². The Morgan fingerprint density at radius 2 is 1.08 bits per heavy atom. The summed E-state index contributed by atoms with van der Waals surface area (Å²) >= 11 is 0. The van der Waals surface area contributed by atoms with Gasteiger partial charge in [0.2, 0.25) is 11.9 Å². The van der Waals surface area contributed by atoms with Gasteiger partial charge in [0.05, 0.1) is 39.6 Å². The van der Waals surface area contributed by atoms with Gasteiger partial charge in [0.25, 0.3) is 5.91 Å². The Kier molecular flexibility index (Phi) is 10.2. The van der Waals surface area contributed by atoms with E-state index in [4.69, 9.17) is 29.2 Å². The predicted octanol–water partition coefficient (Wildman–Crippen LogP) is 2.79. The zero-order valence-electron chi connectivity index (χ0n) is 27.2. The second-order valence-corrected chi connectivity index (χ2v) is 12.4. The number of rotatable bonds is 7. The molecule has 4 fully saturated rings. The third kappa shape index (κ3) is 7.84. The number of morpholine rings is 3. The van der Waals surface area contributed by atoms with E-state index in [9.17, 15) is 9.59 Å². The molecule has 1 aromatic heterocycles. The van der Waals surface area contributed by atoms with Crippen LogP contribution in [0.3, 0.4) is 0 Å². The smallest absolute Gasteiger partial charge is 0.323 e. The summed E-state index contributed by atoms with van der Waals surface area (Å²) in [6.07, 6.45) is 1.96. The molecule has 4 aliphatic heterocycles. The van der Waals surface area contributed by atoms with Gasteiger partial charge < -0.3 is 39.5 Å². The van der Waals surface area contributed by atoms with Gasteiger partial charge in [0.15, 0.2) is 5.82 Å². The third-order valence-electron chi connectivity index (χ3n) is 9.30. The van der Waals surface area contributed by atoms with Crippen LogP contribution in [-0.2, 0) is 14.2 Å². The fraction of sp³-hybridized carbons (Fsp3) is 0.500. The molecule has 0 spiro atoms. The second-order valence-electron chi connectivity index (χ2n) is 12.4. The van der Waals surface area contributed by atoms with Gasteiger partial charge in [-0.25, -0.2) is 4.79 Å². The summed E-state index contributed by atoms with van der Waals surface area (Å²) in [5.74, 6) is 1.86. The summed E-state index contributed by atoms with van der Waals surface area (Å²) in [4.78, 5) is 49.0. The van der Waals surface area contributed by atoms with Crippen molar-refractivity contribution >= 4 is 35.2 Å². The molecular formula is C34H43N9O5. The average Bonchev–Trinajstić information content (AvgIpc) is 3.16. The summed E-state index contributed by atoms with van der Waals surface area (Å²) in [6, 6.07) is 14.6. The molecule has 14 heteroatoms. The Bertz CT molecular complexity index is 1500. The van der Waals surface area contributed by atoms with Crippen LogP contribution in [0.4, 0.5) is 28.1 Å². The van der Waals surface area contributed by atoms with Crippen LogP contribution in [0.25, 0.3) is 11.4 Å². The van der Waals surface area contributed by atoms with Crippen LogP contribution in [0.1, 0.15) is 23.2 Å². The predicted molar refractivity (Wildman–Crippen MR) is 182 cm³/mol.